The second-order valence-corrected chi connectivity index (χ2v) is 6.96. The van der Waals surface area contributed by atoms with E-state index in [9.17, 15) is 4.79 Å². The van der Waals surface area contributed by atoms with Crippen LogP contribution in [0.3, 0.4) is 0 Å². The molecule has 0 unspecified atom stereocenters. The molecule has 0 saturated carbocycles. The lowest BCUT2D eigenvalue weighted by Gasteiger charge is -2.03. The lowest BCUT2D eigenvalue weighted by molar-refractivity contribution is -0.116. The third kappa shape index (κ3) is 4.74. The van der Waals surface area contributed by atoms with Gasteiger partial charge < -0.3 is 9.30 Å². The van der Waals surface area contributed by atoms with Crippen molar-refractivity contribution in [2.45, 2.75) is 45.6 Å². The molecule has 0 atom stereocenters. The first-order valence-electron chi connectivity index (χ1n) is 9.36. The molecule has 1 amide bonds. The molecular formula is C20H27N5O2. The Kier molecular flexibility index (Phi) is 6.24. The normalized spacial score (nSPS) is 11.4. The Hall–Kier alpha value is -2.67. The zero-order valence-corrected chi connectivity index (χ0v) is 16.2. The summed E-state index contributed by atoms with van der Waals surface area (Å²) in [5.74, 6) is 1.31. The zero-order chi connectivity index (χ0) is 19.2. The smallest absolute Gasteiger partial charge is 0.248 e. The van der Waals surface area contributed by atoms with Gasteiger partial charge in [-0.1, -0.05) is 32.0 Å². The highest BCUT2D eigenvalue weighted by Gasteiger charge is 2.11. The third-order valence-electron chi connectivity index (χ3n) is 4.56. The van der Waals surface area contributed by atoms with Crippen molar-refractivity contribution in [3.05, 3.63) is 41.9 Å². The van der Waals surface area contributed by atoms with Crippen LogP contribution < -0.4 is 5.32 Å². The summed E-state index contributed by atoms with van der Waals surface area (Å²) in [7, 11) is 1.71. The summed E-state index contributed by atoms with van der Waals surface area (Å²) in [5.41, 5.74) is 2.46. The van der Waals surface area contributed by atoms with Gasteiger partial charge in [0.25, 0.3) is 0 Å². The van der Waals surface area contributed by atoms with Crippen molar-refractivity contribution in [3.8, 4) is 0 Å². The van der Waals surface area contributed by atoms with Gasteiger partial charge in [0.2, 0.25) is 11.9 Å². The Morgan fingerprint density at radius 1 is 1.33 bits per heavy atom. The van der Waals surface area contributed by atoms with Crippen LogP contribution in [0, 0.1) is 0 Å². The highest BCUT2D eigenvalue weighted by atomic mass is 16.5. The Morgan fingerprint density at radius 3 is 2.89 bits per heavy atom. The average Bonchev–Trinajstić information content (AvgIpc) is 3.25. The standard InChI is InChI=1S/C20H27N5O2/c1-14(2)19-22-20(24-23-19)21-18(26)10-6-7-15-13-25(11-12-27-3)17-9-5-4-8-16(15)17/h4-5,8-9,13-14H,6-7,10-12H2,1-3H3,(H2,21,22,23,24,26). The fourth-order valence-corrected chi connectivity index (χ4v) is 3.11. The van der Waals surface area contributed by atoms with Crippen molar-refractivity contribution in [2.24, 2.45) is 0 Å². The summed E-state index contributed by atoms with van der Waals surface area (Å²) in [6, 6.07) is 8.35. The van der Waals surface area contributed by atoms with Gasteiger partial charge in [-0.25, -0.2) is 0 Å². The van der Waals surface area contributed by atoms with Gasteiger partial charge in [0.05, 0.1) is 6.61 Å². The molecule has 7 heteroatoms. The van der Waals surface area contributed by atoms with Crippen LogP contribution in [0.4, 0.5) is 5.95 Å². The van der Waals surface area contributed by atoms with E-state index in [1.165, 1.54) is 16.5 Å². The number of rotatable bonds is 9. The SMILES string of the molecule is COCCn1cc(CCCC(=O)Nc2n[nH]c(C(C)C)n2)c2ccccc21. The number of fused-ring (bicyclic) bond motifs is 1. The highest BCUT2D eigenvalue weighted by molar-refractivity contribution is 5.89. The number of carbonyl (C=O) groups is 1. The molecule has 144 valence electrons. The van der Waals surface area contributed by atoms with Gasteiger partial charge in [0.1, 0.15) is 5.82 Å². The fraction of sp³-hybridized carbons (Fsp3) is 0.450. The van der Waals surface area contributed by atoms with E-state index in [-0.39, 0.29) is 11.8 Å². The number of benzene rings is 1. The lowest BCUT2D eigenvalue weighted by Crippen LogP contribution is -2.12. The number of para-hydroxylation sites is 1. The van der Waals surface area contributed by atoms with Crippen LogP contribution in [0.25, 0.3) is 10.9 Å². The number of nitrogens with one attached hydrogen (secondary N) is 2. The Morgan fingerprint density at radius 2 is 2.15 bits per heavy atom. The molecule has 0 bridgehead atoms. The molecule has 1 aromatic carbocycles. The van der Waals surface area contributed by atoms with Crippen molar-refractivity contribution in [1.82, 2.24) is 19.7 Å². The number of ether oxygens (including phenoxy) is 1. The quantitative estimate of drug-likeness (QED) is 0.605. The minimum absolute atomic E-state index is 0.0626. The number of H-pyrrole nitrogens is 1. The molecule has 0 aliphatic carbocycles. The summed E-state index contributed by atoms with van der Waals surface area (Å²) in [4.78, 5) is 16.4. The number of hydrogen-bond acceptors (Lipinski definition) is 4. The summed E-state index contributed by atoms with van der Waals surface area (Å²) in [6.07, 6.45) is 4.22. The van der Waals surface area contributed by atoms with E-state index in [1.807, 2.05) is 19.9 Å². The van der Waals surface area contributed by atoms with Crippen LogP contribution in [-0.2, 0) is 22.5 Å². The molecule has 3 rings (SSSR count). The van der Waals surface area contributed by atoms with Crippen LogP contribution in [0.2, 0.25) is 0 Å². The van der Waals surface area contributed by atoms with E-state index in [0.717, 1.165) is 25.2 Å². The van der Waals surface area contributed by atoms with Crippen molar-refractivity contribution in [2.75, 3.05) is 19.0 Å². The molecule has 0 fully saturated rings. The molecule has 0 aliphatic rings. The van der Waals surface area contributed by atoms with Crippen LogP contribution in [-0.4, -0.2) is 39.4 Å². The maximum absolute atomic E-state index is 12.2. The first-order valence-corrected chi connectivity index (χ1v) is 9.36. The molecule has 0 spiro atoms. The molecule has 2 heterocycles. The number of nitrogens with zero attached hydrogens (tertiary/aromatic N) is 3. The Balaban J connectivity index is 1.57. The highest BCUT2D eigenvalue weighted by Crippen LogP contribution is 2.23. The number of hydrogen-bond donors (Lipinski definition) is 2. The van der Waals surface area contributed by atoms with Gasteiger partial charge in [-0.2, -0.15) is 4.98 Å². The van der Waals surface area contributed by atoms with Crippen molar-refractivity contribution < 1.29 is 9.53 Å². The number of methoxy groups -OCH3 is 1. The number of carbonyl (C=O) groups excluding carboxylic acids is 1. The predicted octanol–water partition coefficient (Wildman–Crippen LogP) is 3.49. The van der Waals surface area contributed by atoms with Gasteiger partial charge in [0.15, 0.2) is 0 Å². The number of aromatic amines is 1. The molecule has 3 aromatic rings. The van der Waals surface area contributed by atoms with Crippen molar-refractivity contribution in [1.29, 1.82) is 0 Å². The zero-order valence-electron chi connectivity index (χ0n) is 16.2. The first-order chi connectivity index (χ1) is 13.1. The van der Waals surface area contributed by atoms with Gasteiger partial charge in [-0.05, 0) is 24.5 Å². The second-order valence-electron chi connectivity index (χ2n) is 6.96. The van der Waals surface area contributed by atoms with E-state index in [4.69, 9.17) is 4.74 Å². The Bertz CT molecular complexity index is 897. The topological polar surface area (TPSA) is 84.8 Å². The summed E-state index contributed by atoms with van der Waals surface area (Å²) < 4.78 is 7.42. The molecule has 0 saturated heterocycles. The van der Waals surface area contributed by atoms with Gasteiger partial charge in [-0.3, -0.25) is 15.2 Å². The van der Waals surface area contributed by atoms with Crippen LogP contribution in [0.1, 0.15) is 44.0 Å². The van der Waals surface area contributed by atoms with E-state index in [2.05, 4.69) is 49.5 Å². The maximum Gasteiger partial charge on any atom is 0.248 e. The monoisotopic (exact) mass is 369 g/mol. The molecule has 2 N–H and O–H groups in total. The second kappa shape index (κ2) is 8.81. The van der Waals surface area contributed by atoms with Crippen LogP contribution in [0.15, 0.2) is 30.5 Å². The fourth-order valence-electron chi connectivity index (χ4n) is 3.11. The van der Waals surface area contributed by atoms with E-state index >= 15 is 0 Å². The predicted molar refractivity (Wildman–Crippen MR) is 106 cm³/mol. The largest absolute Gasteiger partial charge is 0.383 e. The van der Waals surface area contributed by atoms with Crippen molar-refractivity contribution >= 4 is 22.8 Å². The first kappa shape index (κ1) is 19.1. The van der Waals surface area contributed by atoms with Gasteiger partial charge in [-0.15, -0.1) is 5.10 Å². The minimum atomic E-state index is -0.0626. The number of amides is 1. The van der Waals surface area contributed by atoms with Gasteiger partial charge in [0, 0.05) is 43.1 Å². The summed E-state index contributed by atoms with van der Waals surface area (Å²) >= 11 is 0. The lowest BCUT2D eigenvalue weighted by atomic mass is 10.1. The van der Waals surface area contributed by atoms with E-state index in [1.54, 1.807) is 7.11 Å². The summed E-state index contributed by atoms with van der Waals surface area (Å²) in [5, 5.41) is 10.9. The van der Waals surface area contributed by atoms with E-state index < -0.39 is 0 Å². The molecule has 2 aromatic heterocycles. The molecule has 27 heavy (non-hydrogen) atoms. The van der Waals surface area contributed by atoms with E-state index in [0.29, 0.717) is 19.0 Å². The molecule has 0 radical (unpaired) electrons. The molecular weight excluding hydrogens is 342 g/mol. The third-order valence-corrected chi connectivity index (χ3v) is 4.56. The van der Waals surface area contributed by atoms with Crippen LogP contribution >= 0.6 is 0 Å². The van der Waals surface area contributed by atoms with Gasteiger partial charge >= 0.3 is 0 Å². The average molecular weight is 369 g/mol. The van der Waals surface area contributed by atoms with Crippen LogP contribution in [0.5, 0.6) is 0 Å². The maximum atomic E-state index is 12.2. The number of anilines is 1. The number of aryl methyl sites for hydroxylation is 1. The molecule has 7 nitrogen and oxygen atoms in total. The number of aromatic nitrogens is 4. The minimum Gasteiger partial charge on any atom is -0.383 e. The molecule has 0 aliphatic heterocycles. The Labute approximate surface area is 159 Å². The summed E-state index contributed by atoms with van der Waals surface area (Å²) in [6.45, 7) is 5.54. The van der Waals surface area contributed by atoms with Crippen molar-refractivity contribution in [3.63, 3.8) is 0 Å².